The molecule has 2 aromatic carbocycles. The number of hydrogen-bond acceptors (Lipinski definition) is 1. The third-order valence-electron chi connectivity index (χ3n) is 3.17. The molecule has 1 aliphatic heterocycles. The molecule has 1 unspecified atom stereocenters. The van der Waals surface area contributed by atoms with E-state index in [9.17, 15) is 4.21 Å². The largest absolute Gasteiger partial charge is 0.283 e. The maximum atomic E-state index is 12.5. The van der Waals surface area contributed by atoms with Crippen LogP contribution in [0.25, 0.3) is 0 Å². The van der Waals surface area contributed by atoms with Crippen LogP contribution in [0.5, 0.6) is 0 Å². The first kappa shape index (κ1) is 11.5. The molecule has 0 saturated heterocycles. The van der Waals surface area contributed by atoms with E-state index in [4.69, 9.17) is 0 Å². The molecular weight excluding hydrogens is 242 g/mol. The van der Waals surface area contributed by atoms with Gasteiger partial charge in [-0.15, -0.1) is 0 Å². The monoisotopic (exact) mass is 257 g/mol. The predicted octanol–water partition coefficient (Wildman–Crippen LogP) is 3.35. The molecule has 0 aromatic heterocycles. The van der Waals surface area contributed by atoms with Gasteiger partial charge in [-0.05, 0) is 48.7 Å². The second-order valence-corrected chi connectivity index (χ2v) is 6.12. The minimum absolute atomic E-state index is 0.728. The molecule has 92 valence electrons. The van der Waals surface area contributed by atoms with Crippen LogP contribution in [0.4, 0.5) is 5.69 Å². The third-order valence-corrected chi connectivity index (χ3v) is 4.68. The van der Waals surface area contributed by atoms with E-state index >= 15 is 0 Å². The number of aryl methyl sites for hydroxylation is 2. The van der Waals surface area contributed by atoms with Crippen molar-refractivity contribution in [3.63, 3.8) is 0 Å². The Labute approximate surface area is 110 Å². The molecule has 0 fully saturated rings. The normalized spacial score (nSPS) is 17.9. The van der Waals surface area contributed by atoms with Gasteiger partial charge in [-0.25, -0.2) is 4.21 Å². The van der Waals surface area contributed by atoms with Crippen LogP contribution in [0.3, 0.4) is 0 Å². The van der Waals surface area contributed by atoms with Crippen LogP contribution in [0.1, 0.15) is 16.7 Å². The van der Waals surface area contributed by atoms with E-state index in [-0.39, 0.29) is 0 Å². The number of nitrogens with zero attached hydrogens (tertiary/aromatic N) is 1. The van der Waals surface area contributed by atoms with Gasteiger partial charge in [0.25, 0.3) is 0 Å². The summed E-state index contributed by atoms with van der Waals surface area (Å²) in [5.41, 5.74) is 4.62. The van der Waals surface area contributed by atoms with Gasteiger partial charge in [0.1, 0.15) is 0 Å². The highest BCUT2D eigenvalue weighted by molar-refractivity contribution is 7.86. The number of fused-ring (bicyclic) bond motifs is 1. The summed E-state index contributed by atoms with van der Waals surface area (Å²) in [6.07, 6.45) is 0. The van der Waals surface area contributed by atoms with E-state index in [1.807, 2.05) is 22.5 Å². The fourth-order valence-electron chi connectivity index (χ4n) is 2.42. The van der Waals surface area contributed by atoms with Crippen LogP contribution >= 0.6 is 0 Å². The maximum Gasteiger partial charge on any atom is 0.153 e. The van der Waals surface area contributed by atoms with Crippen LogP contribution in [0.2, 0.25) is 0 Å². The number of rotatable bonds is 1. The molecule has 0 spiro atoms. The summed E-state index contributed by atoms with van der Waals surface area (Å²) in [4.78, 5) is 0.941. The van der Waals surface area contributed by atoms with Crippen LogP contribution in [-0.4, -0.2) is 4.21 Å². The third kappa shape index (κ3) is 1.85. The van der Waals surface area contributed by atoms with Gasteiger partial charge in [0.05, 0.1) is 17.1 Å². The smallest absolute Gasteiger partial charge is 0.153 e. The summed E-state index contributed by atoms with van der Waals surface area (Å²) in [7, 11) is -1.07. The van der Waals surface area contributed by atoms with Gasteiger partial charge >= 0.3 is 0 Å². The van der Waals surface area contributed by atoms with Crippen LogP contribution in [0, 0.1) is 13.8 Å². The van der Waals surface area contributed by atoms with Crippen LogP contribution in [-0.2, 0) is 17.5 Å². The second kappa shape index (κ2) is 4.25. The van der Waals surface area contributed by atoms with Crippen molar-refractivity contribution < 1.29 is 4.21 Å². The number of hydrogen-bond donors (Lipinski definition) is 0. The Morgan fingerprint density at radius 1 is 1.06 bits per heavy atom. The van der Waals surface area contributed by atoms with Gasteiger partial charge in [-0.2, -0.15) is 0 Å². The lowest BCUT2D eigenvalue weighted by Crippen LogP contribution is -2.18. The molecule has 0 bridgehead atoms. The number of anilines is 1. The lowest BCUT2D eigenvalue weighted by Gasteiger charge is -2.17. The first-order chi connectivity index (χ1) is 8.65. The summed E-state index contributed by atoms with van der Waals surface area (Å²) in [6, 6.07) is 14.3. The Balaban J connectivity index is 2.04. The second-order valence-electron chi connectivity index (χ2n) is 4.74. The lowest BCUT2D eigenvalue weighted by molar-refractivity contribution is 0.683. The first-order valence-electron chi connectivity index (χ1n) is 6.01. The summed E-state index contributed by atoms with van der Waals surface area (Å²) in [6.45, 7) is 4.87. The van der Waals surface area contributed by atoms with E-state index in [0.29, 0.717) is 0 Å². The van der Waals surface area contributed by atoms with Crippen molar-refractivity contribution in [3.05, 3.63) is 59.2 Å². The summed E-state index contributed by atoms with van der Waals surface area (Å²) >= 11 is 0. The van der Waals surface area contributed by atoms with Crippen molar-refractivity contribution in [3.8, 4) is 0 Å². The van der Waals surface area contributed by atoms with Crippen molar-refractivity contribution >= 4 is 16.7 Å². The molecule has 1 heterocycles. The van der Waals surface area contributed by atoms with Gasteiger partial charge < -0.3 is 0 Å². The van der Waals surface area contributed by atoms with E-state index in [1.165, 1.54) is 11.1 Å². The molecule has 2 nitrogen and oxygen atoms in total. The van der Waals surface area contributed by atoms with E-state index in [0.717, 1.165) is 22.7 Å². The van der Waals surface area contributed by atoms with E-state index in [2.05, 4.69) is 38.1 Å². The van der Waals surface area contributed by atoms with Crippen molar-refractivity contribution in [1.29, 1.82) is 0 Å². The summed E-state index contributed by atoms with van der Waals surface area (Å²) in [5, 5.41) is 0. The standard InChI is InChI=1S/C15H15NOS/c1-11-7-12(2)9-14(8-11)16-10-13-5-3-4-6-15(13)18(16)17/h3-9H,10H2,1-2H3. The SMILES string of the molecule is Cc1cc(C)cc(N2Cc3ccccc3S2=O)c1. The molecule has 3 heteroatoms. The van der Waals surface area contributed by atoms with Crippen LogP contribution < -0.4 is 4.31 Å². The quantitative estimate of drug-likeness (QED) is 0.767. The summed E-state index contributed by atoms with van der Waals surface area (Å²) in [5.74, 6) is 0. The average molecular weight is 257 g/mol. The van der Waals surface area contributed by atoms with Crippen LogP contribution in [0.15, 0.2) is 47.4 Å². The minimum Gasteiger partial charge on any atom is -0.283 e. The Bertz CT molecular complexity index is 616. The van der Waals surface area contributed by atoms with Gasteiger partial charge in [0, 0.05) is 0 Å². The molecule has 1 aliphatic rings. The fraction of sp³-hybridized carbons (Fsp3) is 0.200. The van der Waals surface area contributed by atoms with E-state index < -0.39 is 11.0 Å². The molecule has 0 radical (unpaired) electrons. The van der Waals surface area contributed by atoms with Gasteiger partial charge in [-0.3, -0.25) is 4.31 Å². The molecule has 0 N–H and O–H groups in total. The molecule has 0 aliphatic carbocycles. The Hall–Kier alpha value is -1.61. The highest BCUT2D eigenvalue weighted by atomic mass is 32.2. The molecule has 3 rings (SSSR count). The van der Waals surface area contributed by atoms with Crippen molar-refractivity contribution in [2.45, 2.75) is 25.3 Å². The Kier molecular flexibility index (Phi) is 2.71. The first-order valence-corrected chi connectivity index (χ1v) is 7.11. The zero-order valence-electron chi connectivity index (χ0n) is 10.5. The van der Waals surface area contributed by atoms with E-state index in [1.54, 1.807) is 0 Å². The molecule has 0 amide bonds. The van der Waals surface area contributed by atoms with Crippen molar-refractivity contribution in [2.24, 2.45) is 0 Å². The highest BCUT2D eigenvalue weighted by Crippen LogP contribution is 2.32. The Morgan fingerprint density at radius 2 is 1.72 bits per heavy atom. The van der Waals surface area contributed by atoms with Crippen molar-refractivity contribution in [2.75, 3.05) is 4.31 Å². The lowest BCUT2D eigenvalue weighted by atomic mass is 10.1. The van der Waals surface area contributed by atoms with Gasteiger partial charge in [0.2, 0.25) is 0 Å². The zero-order chi connectivity index (χ0) is 12.7. The molecular formula is C15H15NOS. The minimum atomic E-state index is -1.07. The van der Waals surface area contributed by atoms with Gasteiger partial charge in [0.15, 0.2) is 11.0 Å². The molecule has 0 saturated carbocycles. The maximum absolute atomic E-state index is 12.5. The summed E-state index contributed by atoms with van der Waals surface area (Å²) < 4.78 is 14.4. The molecule has 1 atom stereocenters. The predicted molar refractivity (Wildman–Crippen MR) is 74.9 cm³/mol. The molecule has 18 heavy (non-hydrogen) atoms. The fourth-order valence-corrected chi connectivity index (χ4v) is 3.76. The Morgan fingerprint density at radius 3 is 2.39 bits per heavy atom. The zero-order valence-corrected chi connectivity index (χ0v) is 11.3. The van der Waals surface area contributed by atoms with Crippen molar-refractivity contribution in [1.82, 2.24) is 0 Å². The molecule has 2 aromatic rings. The highest BCUT2D eigenvalue weighted by Gasteiger charge is 2.26. The average Bonchev–Trinajstić information content (AvgIpc) is 2.66. The number of benzene rings is 2. The topological polar surface area (TPSA) is 20.3 Å². The van der Waals surface area contributed by atoms with Gasteiger partial charge in [-0.1, -0.05) is 24.3 Å².